The normalized spacial score (nSPS) is 12.0. The van der Waals surface area contributed by atoms with Gasteiger partial charge >= 0.3 is 11.9 Å². The smallest absolute Gasteiger partial charge is 0.323 e. The van der Waals surface area contributed by atoms with Crippen molar-refractivity contribution in [3.63, 3.8) is 0 Å². The SMILES string of the molecule is OCCOC=C(OCCO)OC(=COCCO)OCCO. The summed E-state index contributed by atoms with van der Waals surface area (Å²) in [5.74, 6) is -0.261. The van der Waals surface area contributed by atoms with E-state index in [4.69, 9.17) is 44.1 Å². The highest BCUT2D eigenvalue weighted by atomic mass is 16.8. The van der Waals surface area contributed by atoms with Crippen LogP contribution < -0.4 is 0 Å². The van der Waals surface area contributed by atoms with E-state index in [-0.39, 0.29) is 64.7 Å². The Morgan fingerprint density at radius 2 is 1.00 bits per heavy atom. The van der Waals surface area contributed by atoms with Gasteiger partial charge in [-0.1, -0.05) is 0 Å². The van der Waals surface area contributed by atoms with E-state index in [2.05, 4.69) is 0 Å². The number of rotatable bonds is 14. The Morgan fingerprint density at radius 1 is 0.619 bits per heavy atom. The van der Waals surface area contributed by atoms with Crippen LogP contribution in [0.4, 0.5) is 0 Å². The second-order valence-electron chi connectivity index (χ2n) is 3.31. The zero-order valence-corrected chi connectivity index (χ0v) is 11.6. The Labute approximate surface area is 122 Å². The van der Waals surface area contributed by atoms with Gasteiger partial charge in [0.1, 0.15) is 26.4 Å². The zero-order valence-electron chi connectivity index (χ0n) is 11.6. The standard InChI is InChI=1S/C12H22O9/c13-1-5-17-9-11(19-7-3-15)21-12(20-8-4-16)10-18-6-2-14/h9-10,13-16H,1-8H2. The minimum Gasteiger partial charge on any atom is -0.491 e. The van der Waals surface area contributed by atoms with E-state index in [0.717, 1.165) is 12.5 Å². The molecule has 0 aromatic carbocycles. The molecule has 0 rings (SSSR count). The van der Waals surface area contributed by atoms with Crippen molar-refractivity contribution in [2.45, 2.75) is 0 Å². The van der Waals surface area contributed by atoms with E-state index in [1.54, 1.807) is 0 Å². The predicted octanol–water partition coefficient (Wildman–Crippen LogP) is -1.36. The Morgan fingerprint density at radius 3 is 1.33 bits per heavy atom. The van der Waals surface area contributed by atoms with Crippen molar-refractivity contribution < 1.29 is 44.1 Å². The molecule has 9 nitrogen and oxygen atoms in total. The lowest BCUT2D eigenvalue weighted by Crippen LogP contribution is -2.09. The van der Waals surface area contributed by atoms with Crippen molar-refractivity contribution in [3.05, 3.63) is 24.4 Å². The second kappa shape index (κ2) is 14.7. The van der Waals surface area contributed by atoms with Crippen molar-refractivity contribution in [2.75, 3.05) is 52.9 Å². The maximum atomic E-state index is 8.72. The highest BCUT2D eigenvalue weighted by Gasteiger charge is 2.08. The van der Waals surface area contributed by atoms with Crippen LogP contribution in [0.15, 0.2) is 24.4 Å². The molecule has 9 heteroatoms. The van der Waals surface area contributed by atoms with Crippen LogP contribution in [0.25, 0.3) is 0 Å². The van der Waals surface area contributed by atoms with Gasteiger partial charge in [-0.3, -0.25) is 0 Å². The van der Waals surface area contributed by atoms with E-state index in [0.29, 0.717) is 0 Å². The Hall–Kier alpha value is -1.68. The molecule has 4 N–H and O–H groups in total. The van der Waals surface area contributed by atoms with Gasteiger partial charge in [0.25, 0.3) is 0 Å². The van der Waals surface area contributed by atoms with Crippen LogP contribution in [0.1, 0.15) is 0 Å². The summed E-state index contributed by atoms with van der Waals surface area (Å²) in [5, 5.41) is 34.7. The average molecular weight is 310 g/mol. The lowest BCUT2D eigenvalue weighted by Gasteiger charge is -2.13. The fraction of sp³-hybridized carbons (Fsp3) is 0.667. The van der Waals surface area contributed by atoms with Gasteiger partial charge in [0, 0.05) is 0 Å². The van der Waals surface area contributed by atoms with Gasteiger partial charge in [-0.25, -0.2) is 0 Å². The van der Waals surface area contributed by atoms with Gasteiger partial charge in [0.2, 0.25) is 0 Å². The summed E-state index contributed by atoms with van der Waals surface area (Å²) >= 11 is 0. The number of hydrogen-bond acceptors (Lipinski definition) is 9. The molecule has 0 aliphatic carbocycles. The predicted molar refractivity (Wildman–Crippen MR) is 69.4 cm³/mol. The molecule has 0 unspecified atom stereocenters. The van der Waals surface area contributed by atoms with E-state index >= 15 is 0 Å². The van der Waals surface area contributed by atoms with Gasteiger partial charge in [0.15, 0.2) is 12.5 Å². The van der Waals surface area contributed by atoms with Gasteiger partial charge in [-0.2, -0.15) is 0 Å². The topological polar surface area (TPSA) is 127 Å². The maximum absolute atomic E-state index is 8.72. The van der Waals surface area contributed by atoms with Gasteiger partial charge in [-0.05, 0) is 0 Å². The van der Waals surface area contributed by atoms with Crippen molar-refractivity contribution in [2.24, 2.45) is 0 Å². The molecular formula is C12H22O9. The maximum Gasteiger partial charge on any atom is 0.323 e. The van der Waals surface area contributed by atoms with Crippen LogP contribution >= 0.6 is 0 Å². The highest BCUT2D eigenvalue weighted by molar-refractivity contribution is 4.86. The first-order valence-corrected chi connectivity index (χ1v) is 6.28. The minimum absolute atomic E-state index is 0.0346. The quantitative estimate of drug-likeness (QED) is 0.227. The molecule has 21 heavy (non-hydrogen) atoms. The molecule has 0 atom stereocenters. The van der Waals surface area contributed by atoms with Crippen LogP contribution in [0.2, 0.25) is 0 Å². The molecule has 0 spiro atoms. The van der Waals surface area contributed by atoms with Crippen LogP contribution in [0.3, 0.4) is 0 Å². The molecule has 0 bridgehead atoms. The Kier molecular flexibility index (Phi) is 13.5. The Balaban J connectivity index is 4.58. The van der Waals surface area contributed by atoms with Crippen molar-refractivity contribution in [1.29, 1.82) is 0 Å². The molecule has 0 aliphatic rings. The zero-order chi connectivity index (χ0) is 15.8. The molecule has 0 heterocycles. The summed E-state index contributed by atoms with van der Waals surface area (Å²) in [6.45, 7) is -0.866. The van der Waals surface area contributed by atoms with Crippen LogP contribution in [-0.4, -0.2) is 73.3 Å². The third kappa shape index (κ3) is 11.8. The fourth-order valence-corrected chi connectivity index (χ4v) is 0.926. The van der Waals surface area contributed by atoms with Gasteiger partial charge in [0.05, 0.1) is 26.4 Å². The molecule has 124 valence electrons. The largest absolute Gasteiger partial charge is 0.491 e. The van der Waals surface area contributed by atoms with Crippen LogP contribution in [0.5, 0.6) is 0 Å². The van der Waals surface area contributed by atoms with E-state index < -0.39 is 0 Å². The van der Waals surface area contributed by atoms with Gasteiger partial charge in [-0.15, -0.1) is 0 Å². The summed E-state index contributed by atoms with van der Waals surface area (Å²) in [4.78, 5) is 0. The summed E-state index contributed by atoms with van der Waals surface area (Å²) in [7, 11) is 0. The summed E-state index contributed by atoms with van der Waals surface area (Å²) < 4.78 is 25.1. The molecule has 0 radical (unpaired) electrons. The van der Waals surface area contributed by atoms with Crippen LogP contribution in [0, 0.1) is 0 Å². The summed E-state index contributed by atoms with van der Waals surface area (Å²) in [6, 6.07) is 0. The summed E-state index contributed by atoms with van der Waals surface area (Å²) in [6.07, 6.45) is 2.18. The van der Waals surface area contributed by atoms with Gasteiger partial charge < -0.3 is 44.1 Å². The second-order valence-corrected chi connectivity index (χ2v) is 3.31. The monoisotopic (exact) mass is 310 g/mol. The first kappa shape index (κ1) is 19.3. The van der Waals surface area contributed by atoms with E-state index in [9.17, 15) is 0 Å². The molecule has 0 amide bonds. The molecule has 0 aromatic heterocycles. The molecule has 0 fully saturated rings. The summed E-state index contributed by atoms with van der Waals surface area (Å²) in [5.41, 5.74) is 0. The first-order chi connectivity index (χ1) is 10.3. The van der Waals surface area contributed by atoms with Crippen molar-refractivity contribution in [1.82, 2.24) is 0 Å². The van der Waals surface area contributed by atoms with E-state index in [1.807, 2.05) is 0 Å². The minimum atomic E-state index is -0.238. The van der Waals surface area contributed by atoms with Crippen molar-refractivity contribution >= 4 is 0 Å². The Bertz CT molecular complexity index is 262. The molecular weight excluding hydrogens is 288 g/mol. The molecule has 0 saturated carbocycles. The fourth-order valence-electron chi connectivity index (χ4n) is 0.926. The number of ether oxygens (including phenoxy) is 5. The first-order valence-electron chi connectivity index (χ1n) is 6.28. The lowest BCUT2D eigenvalue weighted by atomic mass is 10.7. The third-order valence-corrected chi connectivity index (χ3v) is 1.65. The molecule has 0 aliphatic heterocycles. The van der Waals surface area contributed by atoms with E-state index in [1.165, 1.54) is 0 Å². The molecule has 0 saturated heterocycles. The van der Waals surface area contributed by atoms with Crippen molar-refractivity contribution in [3.8, 4) is 0 Å². The number of hydrogen-bond donors (Lipinski definition) is 4. The number of aliphatic hydroxyl groups excluding tert-OH is 4. The molecule has 0 aromatic rings. The van der Waals surface area contributed by atoms with Crippen LogP contribution in [-0.2, 0) is 23.7 Å². The lowest BCUT2D eigenvalue weighted by molar-refractivity contribution is -0.0340. The highest BCUT2D eigenvalue weighted by Crippen LogP contribution is 2.10. The third-order valence-electron chi connectivity index (χ3n) is 1.65. The number of aliphatic hydroxyl groups is 4. The average Bonchev–Trinajstić information content (AvgIpc) is 2.50.